The summed E-state index contributed by atoms with van der Waals surface area (Å²) in [6, 6.07) is 6.15. The molecule has 4 nitrogen and oxygen atoms in total. The molecule has 0 bridgehead atoms. The molecule has 0 atom stereocenters. The molecule has 0 spiro atoms. The molecule has 1 heterocycles. The summed E-state index contributed by atoms with van der Waals surface area (Å²) < 4.78 is 0. The molecule has 18 heavy (non-hydrogen) atoms. The van der Waals surface area contributed by atoms with Crippen LogP contribution in [0.5, 0.6) is 0 Å². The van der Waals surface area contributed by atoms with Gasteiger partial charge in [-0.25, -0.2) is 4.98 Å². The van der Waals surface area contributed by atoms with Gasteiger partial charge in [0.1, 0.15) is 5.82 Å². The SMILES string of the molecule is Cc1nc2ccc(NCC3(CO)CCC3)cc2[nH]1. The number of aromatic nitrogens is 2. The maximum absolute atomic E-state index is 9.43. The van der Waals surface area contributed by atoms with Gasteiger partial charge in [-0.05, 0) is 38.0 Å². The van der Waals surface area contributed by atoms with E-state index in [0.717, 1.165) is 41.9 Å². The minimum atomic E-state index is 0.110. The number of nitrogens with one attached hydrogen (secondary N) is 2. The number of aliphatic hydroxyl groups excluding tert-OH is 1. The molecule has 0 unspecified atom stereocenters. The first kappa shape index (κ1) is 11.5. The summed E-state index contributed by atoms with van der Waals surface area (Å²) in [7, 11) is 0. The molecule has 0 saturated heterocycles. The van der Waals surface area contributed by atoms with Crippen LogP contribution >= 0.6 is 0 Å². The minimum Gasteiger partial charge on any atom is -0.396 e. The second-order valence-electron chi connectivity index (χ2n) is 5.42. The first-order valence-electron chi connectivity index (χ1n) is 6.52. The maximum Gasteiger partial charge on any atom is 0.104 e. The van der Waals surface area contributed by atoms with E-state index in [1.54, 1.807) is 0 Å². The standard InChI is InChI=1S/C14H19N3O/c1-10-16-12-4-3-11(7-13(12)17-10)15-8-14(9-18)5-2-6-14/h3-4,7,15,18H,2,5-6,8-9H2,1H3,(H,16,17). The van der Waals surface area contributed by atoms with Crippen LogP contribution in [0.1, 0.15) is 25.1 Å². The van der Waals surface area contributed by atoms with Gasteiger partial charge in [0.25, 0.3) is 0 Å². The van der Waals surface area contributed by atoms with Crippen LogP contribution < -0.4 is 5.32 Å². The van der Waals surface area contributed by atoms with Crippen LogP contribution in [0.15, 0.2) is 18.2 Å². The van der Waals surface area contributed by atoms with Gasteiger partial charge >= 0.3 is 0 Å². The Bertz CT molecular complexity index is 552. The molecule has 0 aliphatic heterocycles. The van der Waals surface area contributed by atoms with Gasteiger partial charge in [-0.1, -0.05) is 6.42 Å². The Balaban J connectivity index is 1.74. The van der Waals surface area contributed by atoms with E-state index in [2.05, 4.69) is 21.4 Å². The number of fused-ring (bicyclic) bond motifs is 1. The summed E-state index contributed by atoms with van der Waals surface area (Å²) in [4.78, 5) is 7.62. The van der Waals surface area contributed by atoms with E-state index in [1.165, 1.54) is 6.42 Å². The molecule has 2 aromatic rings. The summed E-state index contributed by atoms with van der Waals surface area (Å²) in [5.41, 5.74) is 3.26. The van der Waals surface area contributed by atoms with Gasteiger partial charge in [-0.2, -0.15) is 0 Å². The zero-order chi connectivity index (χ0) is 12.6. The van der Waals surface area contributed by atoms with Crippen molar-refractivity contribution in [3.05, 3.63) is 24.0 Å². The molecule has 1 aliphatic carbocycles. The quantitative estimate of drug-likeness (QED) is 0.775. The molecule has 3 rings (SSSR count). The lowest BCUT2D eigenvalue weighted by molar-refractivity contribution is 0.0576. The fourth-order valence-electron chi connectivity index (χ4n) is 2.60. The van der Waals surface area contributed by atoms with Crippen molar-refractivity contribution in [2.45, 2.75) is 26.2 Å². The highest BCUT2D eigenvalue weighted by Crippen LogP contribution is 2.40. The summed E-state index contributed by atoms with van der Waals surface area (Å²) in [6.07, 6.45) is 3.49. The number of nitrogens with zero attached hydrogens (tertiary/aromatic N) is 1. The zero-order valence-corrected chi connectivity index (χ0v) is 10.7. The smallest absolute Gasteiger partial charge is 0.104 e. The van der Waals surface area contributed by atoms with Gasteiger partial charge in [-0.3, -0.25) is 0 Å². The van der Waals surface area contributed by atoms with Crippen molar-refractivity contribution in [2.24, 2.45) is 5.41 Å². The van der Waals surface area contributed by atoms with Crippen molar-refractivity contribution in [3.8, 4) is 0 Å². The van der Waals surface area contributed by atoms with Crippen LogP contribution in [0.25, 0.3) is 11.0 Å². The number of rotatable bonds is 4. The number of H-pyrrole nitrogens is 1. The van der Waals surface area contributed by atoms with Crippen LogP contribution in [-0.4, -0.2) is 28.2 Å². The number of hydrogen-bond donors (Lipinski definition) is 3. The highest BCUT2D eigenvalue weighted by molar-refractivity contribution is 5.79. The van der Waals surface area contributed by atoms with Gasteiger partial charge in [0.15, 0.2) is 0 Å². The average molecular weight is 245 g/mol. The van der Waals surface area contributed by atoms with Crippen LogP contribution in [0.3, 0.4) is 0 Å². The number of imidazole rings is 1. The van der Waals surface area contributed by atoms with Crippen molar-refractivity contribution in [1.29, 1.82) is 0 Å². The number of benzene rings is 1. The molecular weight excluding hydrogens is 226 g/mol. The van der Waals surface area contributed by atoms with Crippen molar-refractivity contribution >= 4 is 16.7 Å². The van der Waals surface area contributed by atoms with Crippen LogP contribution in [0.2, 0.25) is 0 Å². The molecule has 1 fully saturated rings. The normalized spacial score (nSPS) is 17.7. The first-order chi connectivity index (χ1) is 8.71. The summed E-state index contributed by atoms with van der Waals surface area (Å²) in [5.74, 6) is 0.938. The third kappa shape index (κ3) is 1.97. The Labute approximate surface area is 106 Å². The van der Waals surface area contributed by atoms with E-state index in [4.69, 9.17) is 0 Å². The van der Waals surface area contributed by atoms with Crippen molar-refractivity contribution in [3.63, 3.8) is 0 Å². The molecule has 96 valence electrons. The molecular formula is C14H19N3O. The second kappa shape index (κ2) is 4.28. The zero-order valence-electron chi connectivity index (χ0n) is 10.7. The lowest BCUT2D eigenvalue weighted by Gasteiger charge is -2.40. The van der Waals surface area contributed by atoms with E-state index in [9.17, 15) is 5.11 Å². The van der Waals surface area contributed by atoms with Gasteiger partial charge in [-0.15, -0.1) is 0 Å². The van der Waals surface area contributed by atoms with Crippen molar-refractivity contribution in [1.82, 2.24) is 9.97 Å². The maximum atomic E-state index is 9.43. The highest BCUT2D eigenvalue weighted by Gasteiger charge is 2.35. The third-order valence-corrected chi connectivity index (χ3v) is 4.02. The molecule has 1 aliphatic rings. The Hall–Kier alpha value is -1.55. The molecule has 1 aromatic heterocycles. The number of aromatic amines is 1. The van der Waals surface area contributed by atoms with Crippen molar-refractivity contribution in [2.75, 3.05) is 18.5 Å². The summed E-state index contributed by atoms with van der Waals surface area (Å²) in [6.45, 7) is 3.09. The van der Waals surface area contributed by atoms with Crippen LogP contribution in [0.4, 0.5) is 5.69 Å². The number of aryl methyl sites for hydroxylation is 1. The Morgan fingerprint density at radius 2 is 2.28 bits per heavy atom. The second-order valence-corrected chi connectivity index (χ2v) is 5.42. The molecule has 4 heteroatoms. The number of hydrogen-bond acceptors (Lipinski definition) is 3. The Kier molecular flexibility index (Phi) is 2.74. The topological polar surface area (TPSA) is 60.9 Å². The average Bonchev–Trinajstić information content (AvgIpc) is 2.67. The van der Waals surface area contributed by atoms with Gasteiger partial charge < -0.3 is 15.4 Å². The van der Waals surface area contributed by atoms with Crippen molar-refractivity contribution < 1.29 is 5.11 Å². The summed E-state index contributed by atoms with van der Waals surface area (Å²) in [5, 5.41) is 12.9. The van der Waals surface area contributed by atoms with E-state index in [1.807, 2.05) is 19.1 Å². The lowest BCUT2D eigenvalue weighted by atomic mass is 9.69. The Morgan fingerprint density at radius 3 is 2.94 bits per heavy atom. The Morgan fingerprint density at radius 1 is 1.44 bits per heavy atom. The summed E-state index contributed by atoms with van der Waals surface area (Å²) >= 11 is 0. The number of aliphatic hydroxyl groups is 1. The third-order valence-electron chi connectivity index (χ3n) is 4.02. The molecule has 3 N–H and O–H groups in total. The fourth-order valence-corrected chi connectivity index (χ4v) is 2.60. The monoisotopic (exact) mass is 245 g/mol. The van der Waals surface area contributed by atoms with E-state index >= 15 is 0 Å². The minimum absolute atomic E-state index is 0.110. The van der Waals surface area contributed by atoms with E-state index in [-0.39, 0.29) is 12.0 Å². The molecule has 0 amide bonds. The molecule has 1 saturated carbocycles. The fraction of sp³-hybridized carbons (Fsp3) is 0.500. The lowest BCUT2D eigenvalue weighted by Crippen LogP contribution is -2.39. The van der Waals surface area contributed by atoms with Gasteiger partial charge in [0, 0.05) is 17.6 Å². The molecule has 1 aromatic carbocycles. The molecule has 0 radical (unpaired) electrons. The van der Waals surface area contributed by atoms with Gasteiger partial charge in [0.05, 0.1) is 17.6 Å². The largest absolute Gasteiger partial charge is 0.396 e. The predicted octanol–water partition coefficient (Wildman–Crippen LogP) is 2.45. The highest BCUT2D eigenvalue weighted by atomic mass is 16.3. The predicted molar refractivity (Wildman–Crippen MR) is 72.7 cm³/mol. The van der Waals surface area contributed by atoms with E-state index in [0.29, 0.717) is 0 Å². The van der Waals surface area contributed by atoms with Crippen LogP contribution in [0, 0.1) is 12.3 Å². The van der Waals surface area contributed by atoms with Crippen LogP contribution in [-0.2, 0) is 0 Å². The number of anilines is 1. The first-order valence-corrected chi connectivity index (χ1v) is 6.52. The van der Waals surface area contributed by atoms with Gasteiger partial charge in [0.2, 0.25) is 0 Å². The van der Waals surface area contributed by atoms with E-state index < -0.39 is 0 Å².